The highest BCUT2D eigenvalue weighted by Gasteiger charge is 2.14. The molecule has 0 spiro atoms. The second-order valence-electron chi connectivity index (χ2n) is 7.63. The molecule has 5 rings (SSSR count). The summed E-state index contributed by atoms with van der Waals surface area (Å²) in [5.41, 5.74) is 2.20. The molecule has 4 heterocycles. The first-order valence-electron chi connectivity index (χ1n) is 10.4. The molecule has 3 N–H and O–H groups in total. The number of carbonyl (C=O) groups is 1. The predicted octanol–water partition coefficient (Wildman–Crippen LogP) is 3.37. The number of hydrogen-bond acceptors (Lipinski definition) is 4. The fourth-order valence-corrected chi connectivity index (χ4v) is 3.70. The first kappa shape index (κ1) is 21.3. The van der Waals surface area contributed by atoms with Crippen molar-refractivity contribution in [3.63, 3.8) is 0 Å². The molecule has 8 nitrogen and oxygen atoms in total. The van der Waals surface area contributed by atoms with Gasteiger partial charge in [-0.2, -0.15) is 0 Å². The molecule has 0 fully saturated rings. The molecule has 0 aliphatic rings. The van der Waals surface area contributed by atoms with Crippen LogP contribution in [-0.2, 0) is 13.1 Å². The molecule has 10 heteroatoms. The van der Waals surface area contributed by atoms with Gasteiger partial charge in [0.15, 0.2) is 11.6 Å². The van der Waals surface area contributed by atoms with Gasteiger partial charge in [-0.1, -0.05) is 6.07 Å². The van der Waals surface area contributed by atoms with Crippen LogP contribution in [-0.4, -0.2) is 30.4 Å². The zero-order valence-corrected chi connectivity index (χ0v) is 17.7. The summed E-state index contributed by atoms with van der Waals surface area (Å²) < 4.78 is 27.9. The first-order chi connectivity index (χ1) is 16.5. The molecule has 0 saturated heterocycles. The molecule has 0 aliphatic carbocycles. The number of fused-ring (bicyclic) bond motifs is 1. The van der Waals surface area contributed by atoms with Crippen molar-refractivity contribution < 1.29 is 13.6 Å². The number of aromatic nitrogens is 5. The third-order valence-corrected chi connectivity index (χ3v) is 5.39. The Morgan fingerprint density at radius 2 is 1.97 bits per heavy atom. The van der Waals surface area contributed by atoms with Crippen LogP contribution in [0.15, 0.2) is 72.0 Å². The van der Waals surface area contributed by atoms with Crippen molar-refractivity contribution in [1.82, 2.24) is 29.8 Å². The van der Waals surface area contributed by atoms with Crippen LogP contribution in [0.1, 0.15) is 21.7 Å². The van der Waals surface area contributed by atoms with Crippen LogP contribution < -0.4 is 10.9 Å². The second kappa shape index (κ2) is 8.74. The van der Waals surface area contributed by atoms with E-state index < -0.39 is 23.1 Å². The van der Waals surface area contributed by atoms with Gasteiger partial charge in [-0.05, 0) is 42.0 Å². The van der Waals surface area contributed by atoms with Crippen molar-refractivity contribution in [2.24, 2.45) is 0 Å². The minimum Gasteiger partial charge on any atom is -0.345 e. The summed E-state index contributed by atoms with van der Waals surface area (Å²) in [6.07, 6.45) is 6.67. The van der Waals surface area contributed by atoms with Crippen molar-refractivity contribution in [2.75, 3.05) is 0 Å². The van der Waals surface area contributed by atoms with Crippen LogP contribution >= 0.6 is 0 Å². The van der Waals surface area contributed by atoms with Gasteiger partial charge >= 0.3 is 0 Å². The molecule has 0 bridgehead atoms. The Bertz CT molecular complexity index is 1570. The molecule has 4 aromatic heterocycles. The number of nitrogens with zero attached hydrogens (tertiary/aromatic N) is 3. The predicted molar refractivity (Wildman–Crippen MR) is 121 cm³/mol. The molecule has 1 aromatic carbocycles. The third kappa shape index (κ3) is 4.08. The molecule has 5 aromatic rings. The summed E-state index contributed by atoms with van der Waals surface area (Å²) >= 11 is 0. The van der Waals surface area contributed by atoms with Crippen LogP contribution in [0, 0.1) is 11.6 Å². The number of nitrogens with one attached hydrogen (secondary N) is 3. The molecular formula is C24H18F2N6O2. The van der Waals surface area contributed by atoms with Gasteiger partial charge in [0.05, 0.1) is 25.0 Å². The van der Waals surface area contributed by atoms with Crippen molar-refractivity contribution in [3.8, 4) is 11.3 Å². The monoisotopic (exact) mass is 460 g/mol. The van der Waals surface area contributed by atoms with Gasteiger partial charge < -0.3 is 19.9 Å². The molecule has 0 atom stereocenters. The van der Waals surface area contributed by atoms with E-state index in [1.54, 1.807) is 18.5 Å². The van der Waals surface area contributed by atoms with E-state index in [2.05, 4.69) is 25.3 Å². The van der Waals surface area contributed by atoms with Crippen LogP contribution in [0.3, 0.4) is 0 Å². The molecule has 0 saturated carbocycles. The van der Waals surface area contributed by atoms with E-state index in [1.165, 1.54) is 22.9 Å². The fraction of sp³-hybridized carbons (Fsp3) is 0.0833. The number of rotatable bonds is 6. The highest BCUT2D eigenvalue weighted by Crippen LogP contribution is 2.25. The number of amides is 1. The number of hydrogen-bond donors (Lipinski definition) is 3. The summed E-state index contributed by atoms with van der Waals surface area (Å²) in [7, 11) is 0. The Labute approximate surface area is 191 Å². The number of halogens is 2. The van der Waals surface area contributed by atoms with Gasteiger partial charge in [-0.15, -0.1) is 0 Å². The van der Waals surface area contributed by atoms with E-state index in [1.807, 2.05) is 18.3 Å². The number of imidazole rings is 1. The van der Waals surface area contributed by atoms with Gasteiger partial charge in [0.25, 0.3) is 11.5 Å². The highest BCUT2D eigenvalue weighted by atomic mass is 19.2. The molecule has 0 radical (unpaired) electrons. The normalized spacial score (nSPS) is 11.1. The lowest BCUT2D eigenvalue weighted by molar-refractivity contribution is 0.0948. The first-order valence-corrected chi connectivity index (χ1v) is 10.4. The van der Waals surface area contributed by atoms with Crippen molar-refractivity contribution in [2.45, 2.75) is 13.1 Å². The Kier molecular flexibility index (Phi) is 5.46. The summed E-state index contributed by atoms with van der Waals surface area (Å²) in [6.45, 7) is 0.0785. The number of H-pyrrole nitrogens is 2. The summed E-state index contributed by atoms with van der Waals surface area (Å²) in [4.78, 5) is 40.2. The van der Waals surface area contributed by atoms with Crippen molar-refractivity contribution >= 4 is 16.9 Å². The van der Waals surface area contributed by atoms with E-state index in [0.717, 1.165) is 34.4 Å². The Morgan fingerprint density at radius 3 is 2.82 bits per heavy atom. The lowest BCUT2D eigenvalue weighted by Gasteiger charge is -2.09. The van der Waals surface area contributed by atoms with Gasteiger partial charge in [-0.3, -0.25) is 9.59 Å². The molecular weight excluding hydrogens is 442 g/mol. The zero-order valence-electron chi connectivity index (χ0n) is 17.7. The standard InChI is InChI=1S/C24H18F2N6O2/c25-18-6-5-14(9-19(18)26)13-32-8-2-4-16(24(32)34)23(33)30-12-21-28-11-20(31-21)17-10-29-22-15(17)3-1-7-27-22/h1-11H,12-13H2,(H,27,29)(H,28,31)(H,30,33). The van der Waals surface area contributed by atoms with Crippen molar-refractivity contribution in [3.05, 3.63) is 106 Å². The highest BCUT2D eigenvalue weighted by molar-refractivity contribution is 5.94. The maximum Gasteiger partial charge on any atom is 0.263 e. The molecule has 34 heavy (non-hydrogen) atoms. The van der Waals surface area contributed by atoms with Gasteiger partial charge in [-0.25, -0.2) is 18.7 Å². The summed E-state index contributed by atoms with van der Waals surface area (Å²) in [5, 5.41) is 3.62. The Hall–Kier alpha value is -4.60. The molecule has 0 unspecified atom stereocenters. The summed E-state index contributed by atoms with van der Waals surface area (Å²) in [6, 6.07) is 10.1. The maximum atomic E-state index is 13.5. The average molecular weight is 460 g/mol. The van der Waals surface area contributed by atoms with Crippen LogP contribution in [0.5, 0.6) is 0 Å². The Morgan fingerprint density at radius 1 is 1.09 bits per heavy atom. The largest absolute Gasteiger partial charge is 0.345 e. The Balaban J connectivity index is 1.29. The smallest absolute Gasteiger partial charge is 0.263 e. The van der Waals surface area contributed by atoms with E-state index in [4.69, 9.17) is 0 Å². The number of benzene rings is 1. The van der Waals surface area contributed by atoms with Crippen LogP contribution in [0.4, 0.5) is 8.78 Å². The number of aromatic amines is 2. The van der Waals surface area contributed by atoms with Gasteiger partial charge in [0.1, 0.15) is 17.0 Å². The number of pyridine rings is 2. The zero-order chi connectivity index (χ0) is 23.7. The van der Waals surface area contributed by atoms with Crippen LogP contribution in [0.2, 0.25) is 0 Å². The molecule has 0 aliphatic heterocycles. The second-order valence-corrected chi connectivity index (χ2v) is 7.63. The SMILES string of the molecule is O=C(NCc1ncc(-c2c[nH]c3ncccc23)[nH]1)c1cccn(Cc2ccc(F)c(F)c2)c1=O. The van der Waals surface area contributed by atoms with E-state index in [0.29, 0.717) is 11.4 Å². The van der Waals surface area contributed by atoms with E-state index in [-0.39, 0.29) is 18.7 Å². The van der Waals surface area contributed by atoms with Crippen molar-refractivity contribution in [1.29, 1.82) is 0 Å². The van der Waals surface area contributed by atoms with E-state index in [9.17, 15) is 18.4 Å². The van der Waals surface area contributed by atoms with Gasteiger partial charge in [0.2, 0.25) is 0 Å². The molecule has 1 amide bonds. The minimum absolute atomic E-state index is 0.00181. The fourth-order valence-electron chi connectivity index (χ4n) is 3.70. The van der Waals surface area contributed by atoms with E-state index >= 15 is 0 Å². The average Bonchev–Trinajstić information content (AvgIpc) is 3.48. The topological polar surface area (TPSA) is 108 Å². The number of carbonyl (C=O) groups excluding carboxylic acids is 1. The van der Waals surface area contributed by atoms with Gasteiger partial charge in [0, 0.05) is 29.5 Å². The minimum atomic E-state index is -0.999. The molecule has 170 valence electrons. The lowest BCUT2D eigenvalue weighted by atomic mass is 10.2. The quantitative estimate of drug-likeness (QED) is 0.361. The maximum absolute atomic E-state index is 13.5. The third-order valence-electron chi connectivity index (χ3n) is 5.39. The van der Waals surface area contributed by atoms with Crippen LogP contribution in [0.25, 0.3) is 22.3 Å². The summed E-state index contributed by atoms with van der Waals surface area (Å²) in [5.74, 6) is -2.02. The lowest BCUT2D eigenvalue weighted by Crippen LogP contribution is -2.32.